The largest absolute Gasteiger partial charge is 0.467 e. The Bertz CT molecular complexity index is 638. The fourth-order valence-corrected chi connectivity index (χ4v) is 2.62. The molecule has 2 heterocycles. The van der Waals surface area contributed by atoms with Crippen LogP contribution in [0, 0.1) is 6.92 Å². The van der Waals surface area contributed by atoms with Crippen molar-refractivity contribution in [3.63, 3.8) is 0 Å². The Labute approximate surface area is 104 Å². The van der Waals surface area contributed by atoms with Gasteiger partial charge in [-0.2, -0.15) is 0 Å². The normalized spacial score (nSPS) is 10.9. The lowest BCUT2D eigenvalue weighted by atomic mass is 10.2. The number of nitrogens with one attached hydrogen (secondary N) is 1. The van der Waals surface area contributed by atoms with Crippen molar-refractivity contribution in [1.29, 1.82) is 0 Å². The molecule has 1 N–H and O–H groups in total. The van der Waals surface area contributed by atoms with Crippen LogP contribution in [0.3, 0.4) is 0 Å². The smallest absolute Gasteiger partial charge is 0.125 e. The monoisotopic (exact) mass is 243 g/mol. The van der Waals surface area contributed by atoms with Crippen molar-refractivity contribution in [3.05, 3.63) is 53.3 Å². The number of anilines is 1. The first-order valence-electron chi connectivity index (χ1n) is 5.57. The highest BCUT2D eigenvalue weighted by Gasteiger charge is 2.02. The van der Waals surface area contributed by atoms with E-state index in [0.29, 0.717) is 0 Å². The van der Waals surface area contributed by atoms with E-state index >= 15 is 0 Å². The van der Waals surface area contributed by atoms with Gasteiger partial charge in [0, 0.05) is 10.4 Å². The fraction of sp³-hybridized carbons (Fsp3) is 0.143. The van der Waals surface area contributed by atoms with Crippen LogP contribution in [0.1, 0.15) is 11.3 Å². The van der Waals surface area contributed by atoms with Gasteiger partial charge < -0.3 is 9.73 Å². The predicted octanol–water partition coefficient (Wildman–Crippen LogP) is 4.41. The van der Waals surface area contributed by atoms with Gasteiger partial charge in [-0.15, -0.1) is 11.3 Å². The molecule has 0 radical (unpaired) electrons. The molecular formula is C14H13NOS. The van der Waals surface area contributed by atoms with E-state index in [9.17, 15) is 0 Å². The van der Waals surface area contributed by atoms with Crippen LogP contribution < -0.4 is 5.32 Å². The van der Waals surface area contributed by atoms with Gasteiger partial charge in [-0.1, -0.05) is 0 Å². The van der Waals surface area contributed by atoms with Crippen molar-refractivity contribution >= 4 is 27.1 Å². The molecule has 0 aliphatic carbocycles. The quantitative estimate of drug-likeness (QED) is 0.737. The zero-order chi connectivity index (χ0) is 11.7. The molecule has 1 aromatic carbocycles. The van der Waals surface area contributed by atoms with Crippen molar-refractivity contribution in [2.45, 2.75) is 13.5 Å². The molecule has 0 atom stereocenters. The molecule has 0 aliphatic heterocycles. The third-order valence-electron chi connectivity index (χ3n) is 2.87. The molecule has 0 bridgehead atoms. The Hall–Kier alpha value is -1.74. The van der Waals surface area contributed by atoms with Crippen molar-refractivity contribution in [2.75, 3.05) is 5.32 Å². The summed E-state index contributed by atoms with van der Waals surface area (Å²) in [6.45, 7) is 2.79. The number of aryl methyl sites for hydroxylation is 1. The molecule has 2 nitrogen and oxygen atoms in total. The minimum absolute atomic E-state index is 0.731. The second kappa shape index (κ2) is 4.26. The van der Waals surface area contributed by atoms with Crippen LogP contribution in [-0.2, 0) is 6.54 Å². The number of hydrogen-bond acceptors (Lipinski definition) is 3. The minimum Gasteiger partial charge on any atom is -0.467 e. The van der Waals surface area contributed by atoms with Crippen LogP contribution in [0.5, 0.6) is 0 Å². The number of thiophene rings is 1. The summed E-state index contributed by atoms with van der Waals surface area (Å²) in [5, 5.41) is 6.79. The molecule has 0 saturated carbocycles. The molecule has 3 heteroatoms. The summed E-state index contributed by atoms with van der Waals surface area (Å²) in [5.74, 6) is 0.996. The van der Waals surface area contributed by atoms with Gasteiger partial charge in [-0.05, 0) is 53.6 Å². The van der Waals surface area contributed by atoms with Crippen molar-refractivity contribution in [3.8, 4) is 0 Å². The second-order valence-corrected chi connectivity index (χ2v) is 5.00. The summed E-state index contributed by atoms with van der Waals surface area (Å²) < 4.78 is 6.72. The lowest BCUT2D eigenvalue weighted by Crippen LogP contribution is -1.98. The van der Waals surface area contributed by atoms with Crippen LogP contribution in [0.25, 0.3) is 10.1 Å². The Morgan fingerprint density at radius 1 is 1.24 bits per heavy atom. The molecule has 0 unspecified atom stereocenters. The first-order valence-corrected chi connectivity index (χ1v) is 6.45. The lowest BCUT2D eigenvalue weighted by Gasteiger charge is -2.05. The third-order valence-corrected chi connectivity index (χ3v) is 3.77. The number of fused-ring (bicyclic) bond motifs is 1. The average molecular weight is 243 g/mol. The van der Waals surface area contributed by atoms with Crippen LogP contribution >= 0.6 is 11.3 Å². The van der Waals surface area contributed by atoms with Crippen molar-refractivity contribution < 1.29 is 4.42 Å². The minimum atomic E-state index is 0.731. The maximum atomic E-state index is 5.40. The second-order valence-electron chi connectivity index (χ2n) is 4.05. The van der Waals surface area contributed by atoms with Gasteiger partial charge in [0.25, 0.3) is 0 Å². The molecule has 0 spiro atoms. The Morgan fingerprint density at radius 2 is 2.18 bits per heavy atom. The average Bonchev–Trinajstić information content (AvgIpc) is 2.94. The summed E-state index contributed by atoms with van der Waals surface area (Å²) in [4.78, 5) is 0. The van der Waals surface area contributed by atoms with E-state index in [1.54, 1.807) is 17.6 Å². The molecule has 0 aliphatic rings. The van der Waals surface area contributed by atoms with Gasteiger partial charge >= 0.3 is 0 Å². The molecule has 0 amide bonds. The van der Waals surface area contributed by atoms with E-state index in [-0.39, 0.29) is 0 Å². The number of hydrogen-bond donors (Lipinski definition) is 1. The maximum absolute atomic E-state index is 5.40. The summed E-state index contributed by atoms with van der Waals surface area (Å²) in [6.07, 6.45) is 1.73. The number of furan rings is 1. The highest BCUT2D eigenvalue weighted by molar-refractivity contribution is 7.17. The summed E-state index contributed by atoms with van der Waals surface area (Å²) >= 11 is 1.77. The van der Waals surface area contributed by atoms with Gasteiger partial charge in [0.2, 0.25) is 0 Å². The van der Waals surface area contributed by atoms with E-state index in [0.717, 1.165) is 18.0 Å². The molecule has 17 heavy (non-hydrogen) atoms. The van der Waals surface area contributed by atoms with Crippen molar-refractivity contribution in [2.24, 2.45) is 0 Å². The van der Waals surface area contributed by atoms with Crippen LogP contribution in [0.4, 0.5) is 5.69 Å². The summed E-state index contributed by atoms with van der Waals surface area (Å²) in [7, 11) is 0. The van der Waals surface area contributed by atoms with E-state index in [1.165, 1.54) is 15.6 Å². The van der Waals surface area contributed by atoms with Gasteiger partial charge in [0.1, 0.15) is 5.76 Å². The number of rotatable bonds is 3. The SMILES string of the molecule is Cc1ccoc1CNc1ccc2sccc2c1. The highest BCUT2D eigenvalue weighted by atomic mass is 32.1. The molecule has 3 rings (SSSR count). The van der Waals surface area contributed by atoms with Crippen LogP contribution in [-0.4, -0.2) is 0 Å². The van der Waals surface area contributed by atoms with Gasteiger partial charge in [0.15, 0.2) is 0 Å². The maximum Gasteiger partial charge on any atom is 0.125 e. The first-order chi connectivity index (χ1) is 8.33. The van der Waals surface area contributed by atoms with E-state index < -0.39 is 0 Å². The van der Waals surface area contributed by atoms with Gasteiger partial charge in [-0.3, -0.25) is 0 Å². The Balaban J connectivity index is 1.78. The summed E-state index contributed by atoms with van der Waals surface area (Å²) in [5.41, 5.74) is 2.32. The zero-order valence-corrected chi connectivity index (χ0v) is 10.4. The molecular weight excluding hydrogens is 230 g/mol. The first kappa shape index (κ1) is 10.4. The van der Waals surface area contributed by atoms with E-state index in [4.69, 9.17) is 4.42 Å². The topological polar surface area (TPSA) is 25.2 Å². The third kappa shape index (κ3) is 2.06. The Kier molecular flexibility index (Phi) is 2.61. The standard InChI is InChI=1S/C14H13NOS/c1-10-4-6-16-13(10)9-15-12-2-3-14-11(8-12)5-7-17-14/h2-8,15H,9H2,1H3. The molecule has 2 aromatic heterocycles. The van der Waals surface area contributed by atoms with Gasteiger partial charge in [-0.25, -0.2) is 0 Å². The fourth-order valence-electron chi connectivity index (χ4n) is 1.84. The van der Waals surface area contributed by atoms with E-state index in [1.807, 2.05) is 6.07 Å². The van der Waals surface area contributed by atoms with Crippen LogP contribution in [0.2, 0.25) is 0 Å². The summed E-state index contributed by atoms with van der Waals surface area (Å²) in [6, 6.07) is 10.6. The van der Waals surface area contributed by atoms with Crippen LogP contribution in [0.15, 0.2) is 46.4 Å². The Morgan fingerprint density at radius 3 is 3.00 bits per heavy atom. The van der Waals surface area contributed by atoms with E-state index in [2.05, 4.69) is 41.9 Å². The van der Waals surface area contributed by atoms with Crippen molar-refractivity contribution in [1.82, 2.24) is 0 Å². The molecule has 0 saturated heterocycles. The molecule has 0 fully saturated rings. The molecule has 3 aromatic rings. The van der Waals surface area contributed by atoms with Gasteiger partial charge in [0.05, 0.1) is 12.8 Å². The zero-order valence-electron chi connectivity index (χ0n) is 9.57. The number of benzene rings is 1. The lowest BCUT2D eigenvalue weighted by molar-refractivity contribution is 0.515. The molecule has 86 valence electrons. The highest BCUT2D eigenvalue weighted by Crippen LogP contribution is 2.24. The predicted molar refractivity (Wildman–Crippen MR) is 72.6 cm³/mol.